The van der Waals surface area contributed by atoms with Gasteiger partial charge in [-0.3, -0.25) is 10.1 Å². The zero-order chi connectivity index (χ0) is 18.4. The third-order valence-corrected chi connectivity index (χ3v) is 3.31. The van der Waals surface area contributed by atoms with Gasteiger partial charge >= 0.3 is 6.61 Å². The monoisotopic (exact) mass is 349 g/mol. The summed E-state index contributed by atoms with van der Waals surface area (Å²) in [6, 6.07) is 11.1. The lowest BCUT2D eigenvalue weighted by molar-refractivity contribution is -0.384. The van der Waals surface area contributed by atoms with Gasteiger partial charge < -0.3 is 15.2 Å². The summed E-state index contributed by atoms with van der Waals surface area (Å²) in [6.07, 6.45) is -0.984. The number of hydrogen-bond acceptors (Lipinski definition) is 6. The fraction of sp³-hybridized carbons (Fsp3) is 0.188. The van der Waals surface area contributed by atoms with Gasteiger partial charge in [0, 0.05) is 18.7 Å². The third kappa shape index (κ3) is 4.86. The molecule has 0 amide bonds. The summed E-state index contributed by atoms with van der Waals surface area (Å²) >= 11 is 0. The van der Waals surface area contributed by atoms with E-state index in [9.17, 15) is 24.0 Å². The largest absolute Gasteiger partial charge is 0.435 e. The number of rotatable bonds is 7. The van der Waals surface area contributed by atoms with E-state index < -0.39 is 17.6 Å². The molecular weight excluding hydrogens is 336 g/mol. The predicted octanol–water partition coefficient (Wildman–Crippen LogP) is 3.21. The van der Waals surface area contributed by atoms with Crippen molar-refractivity contribution in [3.63, 3.8) is 0 Å². The topological polar surface area (TPSA) is 108 Å². The molecule has 0 spiro atoms. The van der Waals surface area contributed by atoms with E-state index in [1.165, 1.54) is 36.4 Å². The van der Waals surface area contributed by atoms with Crippen LogP contribution in [0.2, 0.25) is 0 Å². The number of non-ortho nitro benzene ring substituents is 1. The first-order valence-electron chi connectivity index (χ1n) is 7.06. The molecular formula is C16H13F2N3O4. The van der Waals surface area contributed by atoms with Gasteiger partial charge in [-0.05, 0) is 23.8 Å². The number of halogens is 2. The van der Waals surface area contributed by atoms with Crippen LogP contribution in [0.5, 0.6) is 5.75 Å². The number of nitrogens with zero attached hydrogens (tertiary/aromatic N) is 2. The SMILES string of the molecule is N#Cc1cc([N+](=O)[O-])ccc1NC[C@@H](O)c1ccc(OC(F)F)cc1. The van der Waals surface area contributed by atoms with Crippen molar-refractivity contribution < 1.29 is 23.5 Å². The molecule has 0 bridgehead atoms. The van der Waals surface area contributed by atoms with Crippen LogP contribution in [0.1, 0.15) is 17.2 Å². The zero-order valence-corrected chi connectivity index (χ0v) is 12.7. The van der Waals surface area contributed by atoms with Gasteiger partial charge in [0.15, 0.2) is 0 Å². The Labute approximate surface area is 141 Å². The molecule has 0 aromatic heterocycles. The van der Waals surface area contributed by atoms with Crippen LogP contribution < -0.4 is 10.1 Å². The molecule has 0 unspecified atom stereocenters. The first-order valence-corrected chi connectivity index (χ1v) is 7.06. The van der Waals surface area contributed by atoms with Crippen molar-refractivity contribution in [1.82, 2.24) is 0 Å². The maximum absolute atomic E-state index is 12.1. The van der Waals surface area contributed by atoms with E-state index in [2.05, 4.69) is 10.1 Å². The highest BCUT2D eigenvalue weighted by atomic mass is 19.3. The zero-order valence-electron chi connectivity index (χ0n) is 12.7. The molecule has 2 aromatic carbocycles. The average molecular weight is 349 g/mol. The summed E-state index contributed by atoms with van der Waals surface area (Å²) in [4.78, 5) is 10.1. The van der Waals surface area contributed by atoms with Crippen molar-refractivity contribution >= 4 is 11.4 Å². The first kappa shape index (κ1) is 18.1. The lowest BCUT2D eigenvalue weighted by Crippen LogP contribution is -2.13. The smallest absolute Gasteiger partial charge is 0.387 e. The average Bonchev–Trinajstić information content (AvgIpc) is 2.59. The maximum Gasteiger partial charge on any atom is 0.387 e. The molecule has 0 fully saturated rings. The van der Waals surface area contributed by atoms with Crippen molar-refractivity contribution in [2.24, 2.45) is 0 Å². The van der Waals surface area contributed by atoms with E-state index in [1.807, 2.05) is 6.07 Å². The van der Waals surface area contributed by atoms with Gasteiger partial charge in [0.25, 0.3) is 5.69 Å². The molecule has 1 atom stereocenters. The predicted molar refractivity (Wildman–Crippen MR) is 84.3 cm³/mol. The maximum atomic E-state index is 12.1. The molecule has 2 rings (SSSR count). The lowest BCUT2D eigenvalue weighted by atomic mass is 10.1. The number of nitrogens with one attached hydrogen (secondary N) is 1. The van der Waals surface area contributed by atoms with E-state index in [0.717, 1.165) is 6.07 Å². The Morgan fingerprint density at radius 3 is 2.52 bits per heavy atom. The fourth-order valence-corrected chi connectivity index (χ4v) is 2.09. The summed E-state index contributed by atoms with van der Waals surface area (Å²) in [5.74, 6) is -0.0268. The van der Waals surface area contributed by atoms with Crippen LogP contribution in [0.3, 0.4) is 0 Å². The summed E-state index contributed by atoms with van der Waals surface area (Å²) in [7, 11) is 0. The van der Waals surface area contributed by atoms with Crippen LogP contribution in [-0.4, -0.2) is 23.2 Å². The number of nitro groups is 1. The summed E-state index contributed by atoms with van der Waals surface area (Å²) in [5.41, 5.74) is 0.652. The standard InChI is InChI=1S/C16H13F2N3O4/c17-16(18)25-13-4-1-10(2-5-13)15(22)9-20-14-6-3-12(21(23)24)7-11(14)8-19/h1-7,15-16,20,22H,9H2/t15-/m1/s1. The number of aliphatic hydroxyl groups is 1. The number of alkyl halides is 2. The van der Waals surface area contributed by atoms with Crippen molar-refractivity contribution in [3.8, 4) is 11.8 Å². The molecule has 130 valence electrons. The minimum atomic E-state index is -2.93. The fourth-order valence-electron chi connectivity index (χ4n) is 2.09. The van der Waals surface area contributed by atoms with Gasteiger partial charge in [0.1, 0.15) is 11.8 Å². The van der Waals surface area contributed by atoms with Crippen molar-refractivity contribution in [1.29, 1.82) is 5.26 Å². The van der Waals surface area contributed by atoms with E-state index in [1.54, 1.807) is 0 Å². The number of nitro benzene ring substituents is 1. The van der Waals surface area contributed by atoms with Crippen LogP contribution in [0.15, 0.2) is 42.5 Å². The Morgan fingerprint density at radius 2 is 1.96 bits per heavy atom. The third-order valence-electron chi connectivity index (χ3n) is 3.31. The second-order valence-electron chi connectivity index (χ2n) is 4.94. The van der Waals surface area contributed by atoms with E-state index in [-0.39, 0.29) is 23.5 Å². The normalized spacial score (nSPS) is 11.6. The second-order valence-corrected chi connectivity index (χ2v) is 4.94. The number of aliphatic hydroxyl groups excluding tert-OH is 1. The molecule has 0 aliphatic carbocycles. The van der Waals surface area contributed by atoms with E-state index in [0.29, 0.717) is 11.3 Å². The summed E-state index contributed by atoms with van der Waals surface area (Å²) in [5, 5.41) is 32.7. The number of benzene rings is 2. The quantitative estimate of drug-likeness (QED) is 0.587. The highest BCUT2D eigenvalue weighted by Gasteiger charge is 2.13. The van der Waals surface area contributed by atoms with Gasteiger partial charge in [-0.1, -0.05) is 12.1 Å². The first-order chi connectivity index (χ1) is 11.9. The van der Waals surface area contributed by atoms with Crippen LogP contribution in [0, 0.1) is 21.4 Å². The molecule has 9 heteroatoms. The molecule has 0 heterocycles. The number of hydrogen-bond donors (Lipinski definition) is 2. The Bertz CT molecular complexity index is 791. The van der Waals surface area contributed by atoms with E-state index in [4.69, 9.17) is 5.26 Å². The molecule has 2 aromatic rings. The Kier molecular flexibility index (Phi) is 5.81. The molecule has 2 N–H and O–H groups in total. The molecule has 0 aliphatic rings. The van der Waals surface area contributed by atoms with Crippen molar-refractivity contribution in [2.75, 3.05) is 11.9 Å². The molecule has 7 nitrogen and oxygen atoms in total. The molecule has 0 radical (unpaired) electrons. The van der Waals surface area contributed by atoms with Crippen LogP contribution in [0.25, 0.3) is 0 Å². The summed E-state index contributed by atoms with van der Waals surface area (Å²) in [6.45, 7) is -2.91. The highest BCUT2D eigenvalue weighted by Crippen LogP contribution is 2.23. The number of ether oxygens (including phenoxy) is 1. The number of nitriles is 1. The van der Waals surface area contributed by atoms with Gasteiger partial charge in [-0.2, -0.15) is 14.0 Å². The molecule has 0 aliphatic heterocycles. The van der Waals surface area contributed by atoms with Crippen LogP contribution >= 0.6 is 0 Å². The molecule has 25 heavy (non-hydrogen) atoms. The highest BCUT2D eigenvalue weighted by molar-refractivity contribution is 5.61. The van der Waals surface area contributed by atoms with E-state index >= 15 is 0 Å². The second kappa shape index (κ2) is 8.03. The van der Waals surface area contributed by atoms with Crippen molar-refractivity contribution in [3.05, 3.63) is 63.7 Å². The Balaban J connectivity index is 2.03. The van der Waals surface area contributed by atoms with Crippen LogP contribution in [-0.2, 0) is 0 Å². The molecule has 0 saturated heterocycles. The number of anilines is 1. The van der Waals surface area contributed by atoms with Crippen molar-refractivity contribution in [2.45, 2.75) is 12.7 Å². The van der Waals surface area contributed by atoms with Crippen LogP contribution in [0.4, 0.5) is 20.2 Å². The van der Waals surface area contributed by atoms with Gasteiger partial charge in [0.2, 0.25) is 0 Å². The Hall–Kier alpha value is -3.25. The minimum Gasteiger partial charge on any atom is -0.435 e. The van der Waals surface area contributed by atoms with Gasteiger partial charge in [0.05, 0.1) is 22.3 Å². The van der Waals surface area contributed by atoms with Gasteiger partial charge in [-0.15, -0.1) is 0 Å². The Morgan fingerprint density at radius 1 is 1.28 bits per heavy atom. The summed E-state index contributed by atoms with van der Waals surface area (Å²) < 4.78 is 28.4. The lowest BCUT2D eigenvalue weighted by Gasteiger charge is -2.14. The van der Waals surface area contributed by atoms with Gasteiger partial charge in [-0.25, -0.2) is 0 Å². The molecule has 0 saturated carbocycles. The minimum absolute atomic E-state index is 0.0154.